The second kappa shape index (κ2) is 5.07. The normalized spacial score (nSPS) is 10.1. The van der Waals surface area contributed by atoms with Crippen LogP contribution in [0.15, 0.2) is 18.2 Å². The first-order valence-electron chi connectivity index (χ1n) is 4.43. The number of anilines is 1. The molecule has 1 N–H and O–H groups in total. The smallest absolute Gasteiger partial charge is 0.164 e. The average molecular weight is 202 g/mol. The van der Waals surface area contributed by atoms with Crippen molar-refractivity contribution in [1.82, 2.24) is 0 Å². The van der Waals surface area contributed by atoms with Gasteiger partial charge in [0.15, 0.2) is 5.82 Å². The molecule has 0 amide bonds. The Bertz CT molecular complexity index is 276. The van der Waals surface area contributed by atoms with Gasteiger partial charge in [-0.1, -0.05) is 31.0 Å². The summed E-state index contributed by atoms with van der Waals surface area (Å²) in [5.41, 5.74) is 0.487. The largest absolute Gasteiger partial charge is 0.383 e. The van der Waals surface area contributed by atoms with Crippen molar-refractivity contribution in [3.05, 3.63) is 29.0 Å². The van der Waals surface area contributed by atoms with Crippen molar-refractivity contribution in [2.75, 3.05) is 11.9 Å². The molecule has 0 spiro atoms. The van der Waals surface area contributed by atoms with Gasteiger partial charge in [0.05, 0.1) is 10.7 Å². The Morgan fingerprint density at radius 1 is 1.46 bits per heavy atom. The molecular formula is C10H13ClFN. The summed E-state index contributed by atoms with van der Waals surface area (Å²) < 4.78 is 13.2. The first kappa shape index (κ1) is 10.3. The van der Waals surface area contributed by atoms with Gasteiger partial charge in [-0.05, 0) is 18.6 Å². The molecule has 0 heterocycles. The summed E-state index contributed by atoms with van der Waals surface area (Å²) in [7, 11) is 0. The fourth-order valence-corrected chi connectivity index (χ4v) is 1.21. The van der Waals surface area contributed by atoms with E-state index in [1.54, 1.807) is 18.2 Å². The molecule has 0 aliphatic heterocycles. The van der Waals surface area contributed by atoms with Crippen LogP contribution in [0.4, 0.5) is 10.1 Å². The van der Waals surface area contributed by atoms with E-state index in [0.717, 1.165) is 19.4 Å². The number of hydrogen-bond acceptors (Lipinski definition) is 1. The van der Waals surface area contributed by atoms with E-state index in [-0.39, 0.29) is 10.8 Å². The zero-order valence-electron chi connectivity index (χ0n) is 7.61. The van der Waals surface area contributed by atoms with Crippen molar-refractivity contribution in [3.8, 4) is 0 Å². The molecule has 0 radical (unpaired) electrons. The Morgan fingerprint density at radius 3 is 2.92 bits per heavy atom. The van der Waals surface area contributed by atoms with Crippen molar-refractivity contribution >= 4 is 17.3 Å². The second-order valence-corrected chi connectivity index (χ2v) is 3.29. The highest BCUT2D eigenvalue weighted by Crippen LogP contribution is 2.21. The van der Waals surface area contributed by atoms with Gasteiger partial charge in [-0.25, -0.2) is 4.39 Å². The van der Waals surface area contributed by atoms with Crippen LogP contribution < -0.4 is 5.32 Å². The monoisotopic (exact) mass is 201 g/mol. The molecule has 13 heavy (non-hydrogen) atoms. The zero-order valence-corrected chi connectivity index (χ0v) is 8.37. The first-order chi connectivity index (χ1) is 6.25. The molecule has 0 bridgehead atoms. The lowest BCUT2D eigenvalue weighted by atomic mass is 10.3. The molecular weight excluding hydrogens is 189 g/mol. The molecule has 1 nitrogen and oxygen atoms in total. The molecule has 0 atom stereocenters. The summed E-state index contributed by atoms with van der Waals surface area (Å²) >= 11 is 5.61. The zero-order chi connectivity index (χ0) is 9.68. The van der Waals surface area contributed by atoms with Gasteiger partial charge < -0.3 is 5.32 Å². The van der Waals surface area contributed by atoms with Crippen LogP contribution in [-0.2, 0) is 0 Å². The maximum atomic E-state index is 13.2. The van der Waals surface area contributed by atoms with Crippen LogP contribution in [0.5, 0.6) is 0 Å². The molecule has 1 aromatic carbocycles. The fraction of sp³-hybridized carbons (Fsp3) is 0.400. The van der Waals surface area contributed by atoms with Crippen molar-refractivity contribution in [3.63, 3.8) is 0 Å². The van der Waals surface area contributed by atoms with E-state index in [0.29, 0.717) is 5.69 Å². The second-order valence-electron chi connectivity index (χ2n) is 2.88. The number of hydrogen-bond donors (Lipinski definition) is 1. The highest BCUT2D eigenvalue weighted by Gasteiger charge is 2.03. The average Bonchev–Trinajstić information content (AvgIpc) is 2.13. The van der Waals surface area contributed by atoms with E-state index < -0.39 is 0 Å². The maximum absolute atomic E-state index is 13.2. The number of nitrogens with one attached hydrogen (secondary N) is 1. The standard InChI is InChI=1S/C10H13ClFN/c1-2-3-7-13-9-6-4-5-8(11)10(9)12/h4-6,13H,2-3,7H2,1H3. The maximum Gasteiger partial charge on any atom is 0.164 e. The van der Waals surface area contributed by atoms with Gasteiger partial charge in [0, 0.05) is 6.54 Å². The van der Waals surface area contributed by atoms with E-state index in [1.807, 2.05) is 0 Å². The van der Waals surface area contributed by atoms with Gasteiger partial charge in [0.2, 0.25) is 0 Å². The van der Waals surface area contributed by atoms with Crippen LogP contribution in [0.1, 0.15) is 19.8 Å². The van der Waals surface area contributed by atoms with Crippen LogP contribution in [0.3, 0.4) is 0 Å². The summed E-state index contributed by atoms with van der Waals surface area (Å²) in [6, 6.07) is 4.97. The Hall–Kier alpha value is -0.760. The van der Waals surface area contributed by atoms with E-state index >= 15 is 0 Å². The Kier molecular flexibility index (Phi) is 4.03. The van der Waals surface area contributed by atoms with Gasteiger partial charge >= 0.3 is 0 Å². The highest BCUT2D eigenvalue weighted by molar-refractivity contribution is 6.31. The molecule has 0 aromatic heterocycles. The lowest BCUT2D eigenvalue weighted by Crippen LogP contribution is -2.02. The van der Waals surface area contributed by atoms with Gasteiger partial charge in [0.1, 0.15) is 0 Å². The first-order valence-corrected chi connectivity index (χ1v) is 4.81. The number of rotatable bonds is 4. The molecule has 0 aliphatic carbocycles. The lowest BCUT2D eigenvalue weighted by molar-refractivity contribution is 0.630. The van der Waals surface area contributed by atoms with Crippen LogP contribution in [0, 0.1) is 5.82 Å². The molecule has 0 saturated carbocycles. The molecule has 1 rings (SSSR count). The summed E-state index contributed by atoms with van der Waals surface area (Å²) in [5, 5.41) is 3.16. The molecule has 0 saturated heterocycles. The third-order valence-corrected chi connectivity index (χ3v) is 2.09. The summed E-state index contributed by atoms with van der Waals surface area (Å²) in [4.78, 5) is 0. The lowest BCUT2D eigenvalue weighted by Gasteiger charge is -2.06. The number of unbranched alkanes of at least 4 members (excludes halogenated alkanes) is 1. The number of benzene rings is 1. The van der Waals surface area contributed by atoms with Crippen molar-refractivity contribution in [1.29, 1.82) is 0 Å². The van der Waals surface area contributed by atoms with E-state index in [2.05, 4.69) is 12.2 Å². The predicted octanol–water partition coefficient (Wildman–Crippen LogP) is 3.69. The van der Waals surface area contributed by atoms with Gasteiger partial charge in [-0.2, -0.15) is 0 Å². The predicted molar refractivity (Wildman–Crippen MR) is 54.8 cm³/mol. The SMILES string of the molecule is CCCCNc1cccc(Cl)c1F. The summed E-state index contributed by atoms with van der Waals surface area (Å²) in [6.07, 6.45) is 2.13. The van der Waals surface area contributed by atoms with Gasteiger partial charge in [-0.15, -0.1) is 0 Å². The van der Waals surface area contributed by atoms with E-state index in [9.17, 15) is 4.39 Å². The quantitative estimate of drug-likeness (QED) is 0.733. The van der Waals surface area contributed by atoms with Gasteiger partial charge in [-0.3, -0.25) is 0 Å². The summed E-state index contributed by atoms with van der Waals surface area (Å²) in [6.45, 7) is 2.88. The Balaban J connectivity index is 2.61. The molecule has 0 fully saturated rings. The number of halogens is 2. The van der Waals surface area contributed by atoms with Crippen LogP contribution in [0.2, 0.25) is 5.02 Å². The van der Waals surface area contributed by atoms with Gasteiger partial charge in [0.25, 0.3) is 0 Å². The molecule has 0 unspecified atom stereocenters. The van der Waals surface area contributed by atoms with Crippen molar-refractivity contribution < 1.29 is 4.39 Å². The fourth-order valence-electron chi connectivity index (χ4n) is 1.04. The minimum Gasteiger partial charge on any atom is -0.383 e. The highest BCUT2D eigenvalue weighted by atomic mass is 35.5. The molecule has 72 valence electrons. The molecule has 1 aromatic rings. The molecule has 0 aliphatic rings. The van der Waals surface area contributed by atoms with Crippen LogP contribution in [-0.4, -0.2) is 6.54 Å². The van der Waals surface area contributed by atoms with Crippen LogP contribution >= 0.6 is 11.6 Å². The summed E-state index contributed by atoms with van der Waals surface area (Å²) in [5.74, 6) is -0.361. The topological polar surface area (TPSA) is 12.0 Å². The minimum atomic E-state index is -0.361. The third kappa shape index (κ3) is 2.88. The van der Waals surface area contributed by atoms with Crippen molar-refractivity contribution in [2.45, 2.75) is 19.8 Å². The Morgan fingerprint density at radius 2 is 2.23 bits per heavy atom. The Labute approximate surface area is 82.9 Å². The van der Waals surface area contributed by atoms with E-state index in [4.69, 9.17) is 11.6 Å². The van der Waals surface area contributed by atoms with Crippen LogP contribution in [0.25, 0.3) is 0 Å². The minimum absolute atomic E-state index is 0.168. The molecule has 3 heteroatoms. The van der Waals surface area contributed by atoms with E-state index in [1.165, 1.54) is 0 Å². The third-order valence-electron chi connectivity index (χ3n) is 1.80. The van der Waals surface area contributed by atoms with Crippen molar-refractivity contribution in [2.24, 2.45) is 0 Å².